The van der Waals surface area contributed by atoms with Crippen molar-refractivity contribution >= 4 is 45.9 Å². The molecule has 1 amide bonds. The fourth-order valence-electron chi connectivity index (χ4n) is 2.47. The Kier molecular flexibility index (Phi) is 7.94. The number of carbonyl (C=O) groups excluding carboxylic acids is 1. The van der Waals surface area contributed by atoms with Crippen molar-refractivity contribution in [2.75, 3.05) is 19.0 Å². The average Bonchev–Trinajstić information content (AvgIpc) is 2.72. The highest BCUT2D eigenvalue weighted by atomic mass is 127. The number of anilines is 1. The first kappa shape index (κ1) is 22.9. The van der Waals surface area contributed by atoms with Crippen LogP contribution in [0.2, 0.25) is 0 Å². The third kappa shape index (κ3) is 5.57. The second-order valence-electron chi connectivity index (χ2n) is 6.01. The zero-order chi connectivity index (χ0) is 22.3. The van der Waals surface area contributed by atoms with Gasteiger partial charge in [-0.3, -0.25) is 14.9 Å². The Morgan fingerprint density at radius 1 is 1.40 bits per heavy atom. The molecule has 0 radical (unpaired) electrons. The molecule has 0 saturated carbocycles. The molecule has 0 aliphatic heterocycles. The van der Waals surface area contributed by atoms with E-state index < -0.39 is 10.8 Å². The molecule has 0 heterocycles. The zero-order valence-electron chi connectivity index (χ0n) is 16.3. The molecule has 9 heteroatoms. The first-order chi connectivity index (χ1) is 14.3. The van der Waals surface area contributed by atoms with Crippen molar-refractivity contribution in [1.82, 2.24) is 0 Å². The van der Waals surface area contributed by atoms with E-state index in [2.05, 4.69) is 34.5 Å². The monoisotopic (exact) mass is 519 g/mol. The van der Waals surface area contributed by atoms with Crippen LogP contribution >= 0.6 is 22.6 Å². The van der Waals surface area contributed by atoms with E-state index in [1.54, 1.807) is 25.1 Å². The van der Waals surface area contributed by atoms with Crippen LogP contribution in [0.25, 0.3) is 6.08 Å². The van der Waals surface area contributed by atoms with Crippen LogP contribution in [0.3, 0.4) is 0 Å². The number of halogens is 1. The summed E-state index contributed by atoms with van der Waals surface area (Å²) in [6, 6.07) is 9.36. The maximum Gasteiger partial charge on any atom is 0.271 e. The first-order valence-electron chi connectivity index (χ1n) is 8.60. The van der Waals surface area contributed by atoms with E-state index in [-0.39, 0.29) is 16.9 Å². The van der Waals surface area contributed by atoms with Gasteiger partial charge in [-0.2, -0.15) is 5.26 Å². The van der Waals surface area contributed by atoms with Crippen LogP contribution in [0.1, 0.15) is 11.1 Å². The third-order valence-electron chi connectivity index (χ3n) is 3.95. The number of aryl methyl sites for hydroxylation is 1. The number of rotatable bonds is 8. The standard InChI is InChI=1S/C21H18IN3O5/c1-4-7-30-20-17(22)9-14(10-19(20)29-3)8-15(12-23)21(26)24-18-11-16(25(27)28)6-5-13(18)2/h4-6,8-11H,1,7H2,2-3H3,(H,24,26)/b15-8+. The third-order valence-corrected chi connectivity index (χ3v) is 4.75. The van der Waals surface area contributed by atoms with Gasteiger partial charge in [0.2, 0.25) is 0 Å². The smallest absolute Gasteiger partial charge is 0.271 e. The number of nitrogens with one attached hydrogen (secondary N) is 1. The van der Waals surface area contributed by atoms with Gasteiger partial charge in [0.15, 0.2) is 11.5 Å². The molecule has 1 N–H and O–H groups in total. The van der Waals surface area contributed by atoms with Crippen LogP contribution in [0.4, 0.5) is 11.4 Å². The SMILES string of the molecule is C=CCOc1c(I)cc(/C=C(\C#N)C(=O)Nc2cc([N+](=O)[O-])ccc2C)cc1OC. The molecular formula is C21H18IN3O5. The Morgan fingerprint density at radius 2 is 2.13 bits per heavy atom. The summed E-state index contributed by atoms with van der Waals surface area (Å²) in [5.41, 5.74) is 1.12. The largest absolute Gasteiger partial charge is 0.493 e. The fourth-order valence-corrected chi connectivity index (χ4v) is 3.25. The second-order valence-corrected chi connectivity index (χ2v) is 7.18. The molecule has 0 bridgehead atoms. The van der Waals surface area contributed by atoms with Gasteiger partial charge in [0.05, 0.1) is 21.3 Å². The van der Waals surface area contributed by atoms with Gasteiger partial charge in [0.1, 0.15) is 18.2 Å². The van der Waals surface area contributed by atoms with Gasteiger partial charge in [-0.1, -0.05) is 18.7 Å². The van der Waals surface area contributed by atoms with E-state index in [1.807, 2.05) is 6.07 Å². The highest BCUT2D eigenvalue weighted by Crippen LogP contribution is 2.34. The number of nitriles is 1. The highest BCUT2D eigenvalue weighted by Gasteiger charge is 2.16. The number of amides is 1. The molecule has 0 aromatic heterocycles. The molecule has 0 aliphatic carbocycles. The van der Waals surface area contributed by atoms with Gasteiger partial charge in [-0.15, -0.1) is 0 Å². The zero-order valence-corrected chi connectivity index (χ0v) is 18.4. The van der Waals surface area contributed by atoms with Crippen molar-refractivity contribution in [3.05, 3.63) is 73.4 Å². The molecule has 0 unspecified atom stereocenters. The number of hydrogen-bond donors (Lipinski definition) is 1. The molecule has 0 fully saturated rings. The van der Waals surface area contributed by atoms with E-state index in [1.165, 1.54) is 31.4 Å². The van der Waals surface area contributed by atoms with Gasteiger partial charge in [0, 0.05) is 12.1 Å². The number of benzene rings is 2. The van der Waals surface area contributed by atoms with Gasteiger partial charge >= 0.3 is 0 Å². The molecular weight excluding hydrogens is 501 g/mol. The molecule has 2 aromatic carbocycles. The maximum atomic E-state index is 12.6. The molecule has 0 atom stereocenters. The number of methoxy groups -OCH3 is 1. The Bertz CT molecular complexity index is 1070. The molecule has 0 spiro atoms. The minimum Gasteiger partial charge on any atom is -0.493 e. The number of non-ortho nitro benzene ring substituents is 1. The molecule has 154 valence electrons. The van der Waals surface area contributed by atoms with Crippen LogP contribution in [-0.4, -0.2) is 24.5 Å². The Labute approximate surface area is 187 Å². The van der Waals surface area contributed by atoms with Crippen molar-refractivity contribution in [3.8, 4) is 17.6 Å². The summed E-state index contributed by atoms with van der Waals surface area (Å²) in [5.74, 6) is 0.301. The van der Waals surface area contributed by atoms with Crippen LogP contribution in [0.5, 0.6) is 11.5 Å². The molecule has 8 nitrogen and oxygen atoms in total. The Balaban J connectivity index is 2.35. The molecule has 2 rings (SSSR count). The number of carbonyl (C=O) groups is 1. The quantitative estimate of drug-likeness (QED) is 0.136. The summed E-state index contributed by atoms with van der Waals surface area (Å²) >= 11 is 2.07. The topological polar surface area (TPSA) is 114 Å². The van der Waals surface area contributed by atoms with Gasteiger partial charge in [0.25, 0.3) is 11.6 Å². The van der Waals surface area contributed by atoms with Crippen molar-refractivity contribution in [1.29, 1.82) is 5.26 Å². The Hall–Kier alpha value is -3.39. The summed E-state index contributed by atoms with van der Waals surface area (Å²) in [6.45, 7) is 5.61. The summed E-state index contributed by atoms with van der Waals surface area (Å²) in [7, 11) is 1.49. The van der Waals surface area contributed by atoms with Gasteiger partial charge < -0.3 is 14.8 Å². The second kappa shape index (κ2) is 10.4. The lowest BCUT2D eigenvalue weighted by Gasteiger charge is -2.12. The number of ether oxygens (including phenoxy) is 2. The summed E-state index contributed by atoms with van der Waals surface area (Å²) in [5, 5.41) is 23.0. The van der Waals surface area contributed by atoms with E-state index in [4.69, 9.17) is 9.47 Å². The lowest BCUT2D eigenvalue weighted by molar-refractivity contribution is -0.384. The molecule has 30 heavy (non-hydrogen) atoms. The van der Waals surface area contributed by atoms with Crippen LogP contribution in [0, 0.1) is 31.9 Å². The van der Waals surface area contributed by atoms with E-state index >= 15 is 0 Å². The Morgan fingerprint density at radius 3 is 2.73 bits per heavy atom. The van der Waals surface area contributed by atoms with Crippen molar-refractivity contribution in [2.24, 2.45) is 0 Å². The van der Waals surface area contributed by atoms with Gasteiger partial charge in [-0.05, 0) is 58.9 Å². The molecule has 0 saturated heterocycles. The molecule has 0 aliphatic rings. The summed E-state index contributed by atoms with van der Waals surface area (Å²) < 4.78 is 11.7. The lowest BCUT2D eigenvalue weighted by atomic mass is 10.1. The summed E-state index contributed by atoms with van der Waals surface area (Å²) in [6.07, 6.45) is 3.02. The summed E-state index contributed by atoms with van der Waals surface area (Å²) in [4.78, 5) is 23.0. The average molecular weight is 519 g/mol. The normalized spacial score (nSPS) is 10.7. The van der Waals surface area contributed by atoms with Crippen LogP contribution in [0.15, 0.2) is 48.6 Å². The highest BCUT2D eigenvalue weighted by molar-refractivity contribution is 14.1. The van der Waals surface area contributed by atoms with Crippen LogP contribution < -0.4 is 14.8 Å². The van der Waals surface area contributed by atoms with E-state index in [9.17, 15) is 20.2 Å². The van der Waals surface area contributed by atoms with Crippen LogP contribution in [-0.2, 0) is 4.79 Å². The van der Waals surface area contributed by atoms with E-state index in [0.29, 0.717) is 29.2 Å². The number of nitro groups is 1. The van der Waals surface area contributed by atoms with Crippen molar-refractivity contribution in [2.45, 2.75) is 6.92 Å². The number of hydrogen-bond acceptors (Lipinski definition) is 6. The van der Waals surface area contributed by atoms with Crippen molar-refractivity contribution < 1.29 is 19.2 Å². The molecule has 2 aromatic rings. The fraction of sp³-hybridized carbons (Fsp3) is 0.143. The van der Waals surface area contributed by atoms with Crippen molar-refractivity contribution in [3.63, 3.8) is 0 Å². The minimum absolute atomic E-state index is 0.159. The number of nitro benzene ring substituents is 1. The van der Waals surface area contributed by atoms with Gasteiger partial charge in [-0.25, -0.2) is 0 Å². The maximum absolute atomic E-state index is 12.6. The minimum atomic E-state index is -0.679. The predicted molar refractivity (Wildman–Crippen MR) is 121 cm³/mol. The predicted octanol–water partition coefficient (Wildman–Crippen LogP) is 4.63. The lowest BCUT2D eigenvalue weighted by Crippen LogP contribution is -2.14. The number of nitrogens with zero attached hydrogens (tertiary/aromatic N) is 2. The van der Waals surface area contributed by atoms with E-state index in [0.717, 1.165) is 3.57 Å². The first-order valence-corrected chi connectivity index (χ1v) is 9.68.